The molecule has 2 aliphatic heterocycles. The summed E-state index contributed by atoms with van der Waals surface area (Å²) in [6, 6.07) is 13.3. The van der Waals surface area contributed by atoms with Crippen molar-refractivity contribution in [1.29, 1.82) is 0 Å². The lowest BCUT2D eigenvalue weighted by Crippen LogP contribution is -2.58. The van der Waals surface area contributed by atoms with Crippen LogP contribution in [0.5, 0.6) is 0 Å². The summed E-state index contributed by atoms with van der Waals surface area (Å²) in [4.78, 5) is 33.1. The summed E-state index contributed by atoms with van der Waals surface area (Å²) in [5.74, 6) is -0.649. The van der Waals surface area contributed by atoms with Crippen molar-refractivity contribution >= 4 is 22.1 Å². The molecule has 2 aromatic rings. The number of carbonyl (C=O) groups is 2. The van der Waals surface area contributed by atoms with Gasteiger partial charge in [0.1, 0.15) is 5.60 Å². The molecule has 2 aliphatic rings. The molecule has 0 spiro atoms. The number of piperidine rings is 2. The number of hydrogen-bond donors (Lipinski definition) is 4. The maximum absolute atomic E-state index is 13.4. The Morgan fingerprint density at radius 1 is 1.10 bits per heavy atom. The van der Waals surface area contributed by atoms with Crippen molar-refractivity contribution in [2.24, 2.45) is 0 Å². The van der Waals surface area contributed by atoms with E-state index in [0.717, 1.165) is 11.1 Å². The van der Waals surface area contributed by atoms with Crippen LogP contribution >= 0.6 is 0 Å². The highest BCUT2D eigenvalue weighted by Crippen LogP contribution is 2.34. The Hall–Kier alpha value is -3.03. The Morgan fingerprint density at radius 3 is 2.43 bits per heavy atom. The fourth-order valence-electron chi connectivity index (χ4n) is 5.41. The molecule has 0 radical (unpaired) electrons. The zero-order chi connectivity index (χ0) is 30.5. The number of nitrogens with zero attached hydrogens (tertiary/aromatic N) is 1. The van der Waals surface area contributed by atoms with Gasteiger partial charge in [-0.25, -0.2) is 4.79 Å². The van der Waals surface area contributed by atoms with Gasteiger partial charge in [-0.3, -0.25) is 14.2 Å². The molecule has 0 bridgehead atoms. The summed E-state index contributed by atoms with van der Waals surface area (Å²) in [6.45, 7) is 8.91. The highest BCUT2D eigenvalue weighted by atomic mass is 32.2. The van der Waals surface area contributed by atoms with E-state index in [4.69, 9.17) is 9.57 Å². The number of amides is 2. The van der Waals surface area contributed by atoms with Crippen molar-refractivity contribution < 1.29 is 32.1 Å². The smallest absolute Gasteiger partial charge is 0.410 e. The molecule has 0 saturated carbocycles. The highest BCUT2D eigenvalue weighted by molar-refractivity contribution is 7.85. The molecule has 42 heavy (non-hydrogen) atoms. The third-order valence-corrected chi connectivity index (χ3v) is 8.46. The second-order valence-electron chi connectivity index (χ2n) is 12.1. The first kappa shape index (κ1) is 31.9. The quantitative estimate of drug-likeness (QED) is 0.264. The Labute approximate surface area is 248 Å². The van der Waals surface area contributed by atoms with E-state index in [0.29, 0.717) is 44.6 Å². The predicted molar refractivity (Wildman–Crippen MR) is 157 cm³/mol. The number of nitrogens with one attached hydrogen (secondary N) is 3. The number of rotatable bonds is 8. The SMILES string of the molecule is Cc1ccc(S(=O)(=O)O)c(C2C[C@@H](C(=O)NC3CCN(C(=O)OC(C)(C)C)CC3)NC[C@@H]2NOCc2ccccc2)c1. The van der Waals surface area contributed by atoms with Crippen LogP contribution < -0.4 is 16.1 Å². The molecule has 2 heterocycles. The Morgan fingerprint density at radius 2 is 1.79 bits per heavy atom. The largest absolute Gasteiger partial charge is 0.444 e. The van der Waals surface area contributed by atoms with Gasteiger partial charge in [-0.05, 0) is 64.2 Å². The number of hydrogen-bond acceptors (Lipinski definition) is 8. The average molecular weight is 603 g/mol. The lowest BCUT2D eigenvalue weighted by molar-refractivity contribution is -0.125. The molecule has 2 amide bonds. The molecule has 2 saturated heterocycles. The number of likely N-dealkylation sites (tertiary alicyclic amines) is 1. The standard InChI is InChI=1S/C30H42N4O7S/c1-20-10-11-27(42(37,38)39)24(16-20)23-17-25(31-18-26(23)33-40-19-21-8-6-5-7-9-21)28(35)32-22-12-14-34(15-13-22)29(36)41-30(2,3)4/h5-11,16,22-23,25-26,31,33H,12-15,17-19H2,1-4H3,(H,32,35)(H,37,38,39)/t23?,25-,26-/m0/s1. The minimum absolute atomic E-state index is 0.103. The van der Waals surface area contributed by atoms with Crippen LogP contribution in [0.4, 0.5) is 4.79 Å². The van der Waals surface area contributed by atoms with Gasteiger partial charge in [-0.2, -0.15) is 13.9 Å². The Balaban J connectivity index is 1.44. The van der Waals surface area contributed by atoms with Crippen molar-refractivity contribution in [3.63, 3.8) is 0 Å². The summed E-state index contributed by atoms with van der Waals surface area (Å²) in [5, 5.41) is 6.39. The van der Waals surface area contributed by atoms with E-state index in [1.807, 2.05) is 58.0 Å². The molecule has 230 valence electrons. The Bertz CT molecular complexity index is 1340. The molecule has 0 aromatic heterocycles. The van der Waals surface area contributed by atoms with Gasteiger partial charge in [0.15, 0.2) is 0 Å². The van der Waals surface area contributed by atoms with Gasteiger partial charge in [0.2, 0.25) is 5.91 Å². The van der Waals surface area contributed by atoms with Crippen LogP contribution in [0.3, 0.4) is 0 Å². The van der Waals surface area contributed by atoms with Gasteiger partial charge in [0.25, 0.3) is 10.1 Å². The zero-order valence-corrected chi connectivity index (χ0v) is 25.4. The molecule has 12 heteroatoms. The van der Waals surface area contributed by atoms with E-state index in [2.05, 4.69) is 16.1 Å². The van der Waals surface area contributed by atoms with Crippen LogP contribution in [0, 0.1) is 6.92 Å². The molecule has 3 atom stereocenters. The fourth-order valence-corrected chi connectivity index (χ4v) is 6.16. The van der Waals surface area contributed by atoms with Crippen LogP contribution in [0.25, 0.3) is 0 Å². The summed E-state index contributed by atoms with van der Waals surface area (Å²) in [5.41, 5.74) is 4.73. The van der Waals surface area contributed by atoms with E-state index < -0.39 is 27.7 Å². The molecule has 4 N–H and O–H groups in total. The maximum atomic E-state index is 13.4. The van der Waals surface area contributed by atoms with Gasteiger partial charge in [-0.1, -0.05) is 48.0 Å². The van der Waals surface area contributed by atoms with Gasteiger partial charge in [0, 0.05) is 31.6 Å². The van der Waals surface area contributed by atoms with Gasteiger partial charge < -0.3 is 20.3 Å². The summed E-state index contributed by atoms with van der Waals surface area (Å²) in [6.07, 6.45) is 1.12. The monoisotopic (exact) mass is 602 g/mol. The lowest BCUT2D eigenvalue weighted by Gasteiger charge is -2.38. The number of benzene rings is 2. The minimum Gasteiger partial charge on any atom is -0.444 e. The van der Waals surface area contributed by atoms with E-state index in [-0.39, 0.29) is 35.4 Å². The molecule has 2 aromatic carbocycles. The van der Waals surface area contributed by atoms with Crippen LogP contribution in [-0.2, 0) is 31.1 Å². The molecule has 0 aliphatic carbocycles. The first-order valence-corrected chi connectivity index (χ1v) is 15.7. The number of ether oxygens (including phenoxy) is 1. The van der Waals surface area contributed by atoms with Crippen molar-refractivity contribution in [3.8, 4) is 0 Å². The van der Waals surface area contributed by atoms with E-state index in [1.165, 1.54) is 6.07 Å². The number of aryl methyl sites for hydroxylation is 1. The Kier molecular flexibility index (Phi) is 10.3. The van der Waals surface area contributed by atoms with Crippen molar-refractivity contribution in [2.45, 2.75) is 88.1 Å². The van der Waals surface area contributed by atoms with E-state index in [1.54, 1.807) is 17.0 Å². The number of hydroxylamine groups is 1. The van der Waals surface area contributed by atoms with Gasteiger partial charge in [0.05, 0.1) is 23.6 Å². The predicted octanol–water partition coefficient (Wildman–Crippen LogP) is 3.29. The van der Waals surface area contributed by atoms with Crippen LogP contribution in [-0.4, -0.2) is 73.2 Å². The second-order valence-corrected chi connectivity index (χ2v) is 13.5. The topological polar surface area (TPSA) is 146 Å². The highest BCUT2D eigenvalue weighted by Gasteiger charge is 2.38. The minimum atomic E-state index is -4.50. The lowest BCUT2D eigenvalue weighted by atomic mass is 9.82. The first-order chi connectivity index (χ1) is 19.8. The first-order valence-electron chi connectivity index (χ1n) is 14.3. The molecule has 4 rings (SSSR count). The molecule has 2 fully saturated rings. The average Bonchev–Trinajstić information content (AvgIpc) is 2.92. The molecule has 1 unspecified atom stereocenters. The number of carbonyl (C=O) groups excluding carboxylic acids is 2. The van der Waals surface area contributed by atoms with Gasteiger partial charge in [-0.15, -0.1) is 0 Å². The van der Waals surface area contributed by atoms with Crippen LogP contribution in [0.1, 0.15) is 62.6 Å². The zero-order valence-electron chi connectivity index (χ0n) is 24.6. The second kappa shape index (κ2) is 13.5. The molecular weight excluding hydrogens is 560 g/mol. The summed E-state index contributed by atoms with van der Waals surface area (Å²) in [7, 11) is -4.50. The van der Waals surface area contributed by atoms with E-state index in [9.17, 15) is 22.6 Å². The van der Waals surface area contributed by atoms with Crippen LogP contribution in [0.2, 0.25) is 0 Å². The third-order valence-electron chi connectivity index (χ3n) is 7.53. The van der Waals surface area contributed by atoms with Crippen LogP contribution in [0.15, 0.2) is 53.4 Å². The molecule has 11 nitrogen and oxygen atoms in total. The molecular formula is C30H42N4O7S. The normalized spacial score (nSPS) is 22.0. The maximum Gasteiger partial charge on any atom is 0.410 e. The fraction of sp³-hybridized carbons (Fsp3) is 0.533. The van der Waals surface area contributed by atoms with Crippen molar-refractivity contribution in [1.82, 2.24) is 21.0 Å². The summed E-state index contributed by atoms with van der Waals surface area (Å²) < 4.78 is 40.1. The van der Waals surface area contributed by atoms with Crippen molar-refractivity contribution in [3.05, 3.63) is 65.2 Å². The summed E-state index contributed by atoms with van der Waals surface area (Å²) >= 11 is 0. The van der Waals surface area contributed by atoms with Crippen molar-refractivity contribution in [2.75, 3.05) is 19.6 Å². The van der Waals surface area contributed by atoms with Gasteiger partial charge >= 0.3 is 6.09 Å². The van der Waals surface area contributed by atoms with E-state index >= 15 is 0 Å². The third kappa shape index (κ3) is 8.74.